The van der Waals surface area contributed by atoms with Crippen molar-refractivity contribution in [3.8, 4) is 11.1 Å². The molecule has 0 fully saturated rings. The van der Waals surface area contributed by atoms with Crippen molar-refractivity contribution in [3.05, 3.63) is 83.9 Å². The van der Waals surface area contributed by atoms with Gasteiger partial charge in [-0.2, -0.15) is 0 Å². The Kier molecular flexibility index (Phi) is 7.21. The summed E-state index contributed by atoms with van der Waals surface area (Å²) in [6.07, 6.45) is 0. The van der Waals surface area contributed by atoms with Crippen LogP contribution < -0.4 is 10.6 Å². The number of hydrogen-bond donors (Lipinski definition) is 2. The Bertz CT molecular complexity index is 1060. The van der Waals surface area contributed by atoms with Gasteiger partial charge in [0.2, 0.25) is 11.8 Å². The Morgan fingerprint density at radius 1 is 0.839 bits per heavy atom. The fraction of sp³-hybridized carbons (Fsp3) is 0.231. The number of carbonyl (C=O) groups excluding carboxylic acids is 2. The number of rotatable bonds is 7. The molecule has 3 aromatic carbocycles. The van der Waals surface area contributed by atoms with Gasteiger partial charge >= 0.3 is 0 Å². The van der Waals surface area contributed by atoms with Crippen molar-refractivity contribution in [1.29, 1.82) is 0 Å². The average Bonchev–Trinajstić information content (AvgIpc) is 2.77. The highest BCUT2D eigenvalue weighted by Gasteiger charge is 2.21. The van der Waals surface area contributed by atoms with Crippen LogP contribution in [0.3, 0.4) is 0 Å². The lowest BCUT2D eigenvalue weighted by Crippen LogP contribution is -2.43. The van der Waals surface area contributed by atoms with E-state index in [-0.39, 0.29) is 18.4 Å². The van der Waals surface area contributed by atoms with Gasteiger partial charge in [-0.15, -0.1) is 0 Å². The number of amides is 2. The number of benzene rings is 3. The second-order valence-electron chi connectivity index (χ2n) is 7.79. The predicted molar refractivity (Wildman–Crippen MR) is 127 cm³/mol. The van der Waals surface area contributed by atoms with E-state index in [2.05, 4.69) is 10.6 Å². The van der Waals surface area contributed by atoms with Gasteiger partial charge in [-0.25, -0.2) is 0 Å². The molecule has 0 radical (unpaired) electrons. The van der Waals surface area contributed by atoms with Crippen LogP contribution in [0.25, 0.3) is 11.1 Å². The number of nitrogens with one attached hydrogen (secondary N) is 2. The van der Waals surface area contributed by atoms with Gasteiger partial charge in [0.05, 0.1) is 12.6 Å². The third-order valence-corrected chi connectivity index (χ3v) is 5.58. The van der Waals surface area contributed by atoms with Crippen LogP contribution in [0.1, 0.15) is 18.1 Å². The normalized spacial score (nSPS) is 11.8. The molecule has 0 aromatic heterocycles. The van der Waals surface area contributed by atoms with E-state index in [0.29, 0.717) is 0 Å². The molecule has 0 spiro atoms. The molecule has 0 saturated heterocycles. The Morgan fingerprint density at radius 2 is 1.48 bits per heavy atom. The molecule has 0 aliphatic rings. The molecule has 31 heavy (non-hydrogen) atoms. The van der Waals surface area contributed by atoms with Gasteiger partial charge in [0.25, 0.3) is 0 Å². The summed E-state index contributed by atoms with van der Waals surface area (Å²) in [6, 6.07) is 23.0. The first-order valence-electron chi connectivity index (χ1n) is 10.4. The molecule has 0 aliphatic carbocycles. The smallest absolute Gasteiger partial charge is 0.241 e. The molecule has 160 valence electrons. The highest BCUT2D eigenvalue weighted by atomic mass is 16.2. The van der Waals surface area contributed by atoms with E-state index in [1.807, 2.05) is 86.6 Å². The summed E-state index contributed by atoms with van der Waals surface area (Å²) < 4.78 is 0. The average molecular weight is 416 g/mol. The lowest BCUT2D eigenvalue weighted by Gasteiger charge is -2.24. The molecule has 1 atom stereocenters. The molecular weight excluding hydrogens is 386 g/mol. The molecule has 3 rings (SSSR count). The number of aryl methyl sites for hydroxylation is 1. The lowest BCUT2D eigenvalue weighted by atomic mass is 10.0. The van der Waals surface area contributed by atoms with E-state index in [4.69, 9.17) is 0 Å². The van der Waals surface area contributed by atoms with Crippen LogP contribution in [0.4, 0.5) is 11.4 Å². The summed E-state index contributed by atoms with van der Waals surface area (Å²) >= 11 is 0. The topological polar surface area (TPSA) is 61.4 Å². The number of nitrogens with zero attached hydrogens (tertiary/aromatic N) is 1. The van der Waals surface area contributed by atoms with E-state index < -0.39 is 6.04 Å². The number of para-hydroxylation sites is 1. The molecule has 0 bridgehead atoms. The van der Waals surface area contributed by atoms with Gasteiger partial charge in [0.15, 0.2) is 0 Å². The monoisotopic (exact) mass is 415 g/mol. The van der Waals surface area contributed by atoms with Crippen LogP contribution in [0.2, 0.25) is 0 Å². The number of carbonyl (C=O) groups is 2. The molecule has 2 amide bonds. The third-order valence-electron chi connectivity index (χ3n) is 5.58. The quantitative estimate of drug-likeness (QED) is 0.579. The largest absolute Gasteiger partial charge is 0.325 e. The summed E-state index contributed by atoms with van der Waals surface area (Å²) in [5.41, 5.74) is 5.70. The lowest BCUT2D eigenvalue weighted by molar-refractivity contribution is -0.122. The molecule has 1 unspecified atom stereocenters. The first kappa shape index (κ1) is 22.2. The van der Waals surface area contributed by atoms with Crippen molar-refractivity contribution in [2.24, 2.45) is 0 Å². The zero-order valence-corrected chi connectivity index (χ0v) is 18.5. The standard InChI is InChI=1S/C26H29N3O2/c1-18-11-10-16-23(19(18)2)27-25(30)17-29(4)20(3)26(31)28-24-15-9-8-14-22(24)21-12-6-5-7-13-21/h5-16,20H,17H2,1-4H3,(H,27,30)(H,28,31). The molecule has 5 nitrogen and oxygen atoms in total. The Morgan fingerprint density at radius 3 is 2.23 bits per heavy atom. The van der Waals surface area contributed by atoms with Crippen LogP contribution in [0.15, 0.2) is 72.8 Å². The summed E-state index contributed by atoms with van der Waals surface area (Å²) in [7, 11) is 1.77. The van der Waals surface area contributed by atoms with E-state index >= 15 is 0 Å². The zero-order valence-electron chi connectivity index (χ0n) is 18.5. The molecule has 5 heteroatoms. The van der Waals surface area contributed by atoms with E-state index in [1.54, 1.807) is 18.9 Å². The fourth-order valence-electron chi connectivity index (χ4n) is 3.34. The third kappa shape index (κ3) is 5.58. The predicted octanol–water partition coefficient (Wildman–Crippen LogP) is 4.87. The minimum Gasteiger partial charge on any atom is -0.325 e. The van der Waals surface area contributed by atoms with Gasteiger partial charge in [0, 0.05) is 16.9 Å². The highest BCUT2D eigenvalue weighted by molar-refractivity contribution is 5.99. The fourth-order valence-corrected chi connectivity index (χ4v) is 3.34. The molecule has 0 aliphatic heterocycles. The Hall–Kier alpha value is -3.44. The number of likely N-dealkylation sites (N-methyl/N-ethyl adjacent to an activating group) is 1. The van der Waals surface area contributed by atoms with E-state index in [1.165, 1.54) is 0 Å². The Labute approximate surface area is 184 Å². The van der Waals surface area contributed by atoms with Gasteiger partial charge < -0.3 is 10.6 Å². The van der Waals surface area contributed by atoms with Crippen LogP contribution in [0.5, 0.6) is 0 Å². The second kappa shape index (κ2) is 10.0. The van der Waals surface area contributed by atoms with Crippen molar-refractivity contribution >= 4 is 23.2 Å². The Balaban J connectivity index is 1.64. The van der Waals surface area contributed by atoms with Crippen molar-refractivity contribution in [2.75, 3.05) is 24.2 Å². The minimum atomic E-state index is -0.479. The van der Waals surface area contributed by atoms with Crippen LogP contribution in [0, 0.1) is 13.8 Å². The minimum absolute atomic E-state index is 0.113. The summed E-state index contributed by atoms with van der Waals surface area (Å²) in [5.74, 6) is -0.314. The maximum atomic E-state index is 12.9. The number of hydrogen-bond acceptors (Lipinski definition) is 3. The summed E-state index contributed by atoms with van der Waals surface area (Å²) in [5, 5.41) is 5.96. The molecular formula is C26H29N3O2. The second-order valence-corrected chi connectivity index (χ2v) is 7.79. The zero-order chi connectivity index (χ0) is 22.4. The maximum absolute atomic E-state index is 12.9. The molecule has 0 saturated carbocycles. The van der Waals surface area contributed by atoms with E-state index in [9.17, 15) is 9.59 Å². The summed E-state index contributed by atoms with van der Waals surface area (Å²) in [6.45, 7) is 5.90. The maximum Gasteiger partial charge on any atom is 0.241 e. The van der Waals surface area contributed by atoms with Crippen LogP contribution in [-0.4, -0.2) is 36.3 Å². The van der Waals surface area contributed by atoms with Gasteiger partial charge in [-0.05, 0) is 56.6 Å². The van der Waals surface area contributed by atoms with Gasteiger partial charge in [-0.1, -0.05) is 60.7 Å². The summed E-state index contributed by atoms with van der Waals surface area (Å²) in [4.78, 5) is 27.2. The number of anilines is 2. The SMILES string of the molecule is Cc1cccc(NC(=O)CN(C)C(C)C(=O)Nc2ccccc2-c2ccccc2)c1C. The van der Waals surface area contributed by atoms with Gasteiger partial charge in [0.1, 0.15) is 0 Å². The van der Waals surface area contributed by atoms with E-state index in [0.717, 1.165) is 33.6 Å². The van der Waals surface area contributed by atoms with Crippen molar-refractivity contribution in [2.45, 2.75) is 26.8 Å². The molecule has 0 heterocycles. The first-order valence-corrected chi connectivity index (χ1v) is 10.4. The highest BCUT2D eigenvalue weighted by Crippen LogP contribution is 2.27. The molecule has 3 aromatic rings. The van der Waals surface area contributed by atoms with Crippen LogP contribution >= 0.6 is 0 Å². The van der Waals surface area contributed by atoms with Crippen LogP contribution in [-0.2, 0) is 9.59 Å². The first-order chi connectivity index (χ1) is 14.9. The van der Waals surface area contributed by atoms with Crippen molar-refractivity contribution in [1.82, 2.24) is 4.90 Å². The van der Waals surface area contributed by atoms with Crippen molar-refractivity contribution in [3.63, 3.8) is 0 Å². The molecule has 2 N–H and O–H groups in total. The van der Waals surface area contributed by atoms with Gasteiger partial charge in [-0.3, -0.25) is 14.5 Å². The van der Waals surface area contributed by atoms with Crippen molar-refractivity contribution < 1.29 is 9.59 Å².